The predicted octanol–water partition coefficient (Wildman–Crippen LogP) is 3.26. The smallest absolute Gasteiger partial charge is 0.193 e. The molecule has 0 radical (unpaired) electrons. The zero-order valence-electron chi connectivity index (χ0n) is 14.0. The molecule has 0 bridgehead atoms. The molecule has 0 amide bonds. The number of rotatable bonds is 6. The highest BCUT2D eigenvalue weighted by Crippen LogP contribution is 2.57. The second-order valence-electron chi connectivity index (χ2n) is 6.29. The topological polar surface area (TPSA) is 36.9 Å². The Bertz CT molecular complexity index is 344. The Morgan fingerprint density at radius 2 is 2.10 bits per heavy atom. The first-order chi connectivity index (χ1) is 9.67. The molecule has 0 heterocycles. The molecule has 0 aliphatic heterocycles. The van der Waals surface area contributed by atoms with Crippen LogP contribution in [0.25, 0.3) is 0 Å². The highest BCUT2D eigenvalue weighted by molar-refractivity contribution is 14.0. The molecular formula is C16H32IN3O. The number of nitrogens with one attached hydrogen (secondary N) is 1. The minimum absolute atomic E-state index is 0. The summed E-state index contributed by atoms with van der Waals surface area (Å²) >= 11 is 0. The number of unbranched alkanes of at least 4 members (excludes halogenated alkanes) is 1. The fourth-order valence-electron chi connectivity index (χ4n) is 3.64. The summed E-state index contributed by atoms with van der Waals surface area (Å²) in [5, 5.41) is 3.69. The van der Waals surface area contributed by atoms with E-state index < -0.39 is 0 Å². The highest BCUT2D eigenvalue weighted by atomic mass is 127. The minimum Gasteiger partial charge on any atom is -0.378 e. The van der Waals surface area contributed by atoms with Crippen LogP contribution in [0.15, 0.2) is 4.99 Å². The van der Waals surface area contributed by atoms with E-state index >= 15 is 0 Å². The van der Waals surface area contributed by atoms with Gasteiger partial charge in [-0.2, -0.15) is 0 Å². The van der Waals surface area contributed by atoms with Crippen LogP contribution in [-0.2, 0) is 4.74 Å². The molecule has 0 aromatic rings. The number of halogens is 1. The summed E-state index contributed by atoms with van der Waals surface area (Å²) in [4.78, 5) is 6.70. The maximum Gasteiger partial charge on any atom is 0.193 e. The van der Waals surface area contributed by atoms with Gasteiger partial charge in [-0.05, 0) is 32.6 Å². The van der Waals surface area contributed by atoms with Gasteiger partial charge in [0.25, 0.3) is 0 Å². The number of ether oxygens (including phenoxy) is 1. The van der Waals surface area contributed by atoms with Crippen LogP contribution in [-0.4, -0.2) is 50.3 Å². The molecule has 2 atom stereocenters. The summed E-state index contributed by atoms with van der Waals surface area (Å²) in [6, 6.07) is 0.551. The summed E-state index contributed by atoms with van der Waals surface area (Å²) in [6.45, 7) is 6.24. The summed E-state index contributed by atoms with van der Waals surface area (Å²) in [5.41, 5.74) is 0.400. The predicted molar refractivity (Wildman–Crippen MR) is 99.6 cm³/mol. The monoisotopic (exact) mass is 409 g/mol. The van der Waals surface area contributed by atoms with Crippen LogP contribution < -0.4 is 5.32 Å². The number of guanidine groups is 1. The SMILES string of the molecule is CCCCN(C)C(=NC)NC1CC(OCC)C12CCC2.I. The van der Waals surface area contributed by atoms with Crippen molar-refractivity contribution in [3.05, 3.63) is 0 Å². The van der Waals surface area contributed by atoms with Crippen molar-refractivity contribution < 1.29 is 4.74 Å². The van der Waals surface area contributed by atoms with Crippen LogP contribution in [0.1, 0.15) is 52.4 Å². The number of aliphatic imine (C=N–C) groups is 1. The molecule has 2 fully saturated rings. The summed E-state index contributed by atoms with van der Waals surface area (Å²) < 4.78 is 5.91. The van der Waals surface area contributed by atoms with Gasteiger partial charge < -0.3 is 15.0 Å². The Morgan fingerprint density at radius 3 is 2.57 bits per heavy atom. The zero-order valence-corrected chi connectivity index (χ0v) is 16.4. The van der Waals surface area contributed by atoms with Crippen molar-refractivity contribution in [2.24, 2.45) is 10.4 Å². The van der Waals surface area contributed by atoms with Gasteiger partial charge in [-0.15, -0.1) is 24.0 Å². The first-order valence-corrected chi connectivity index (χ1v) is 8.24. The molecule has 0 aromatic heterocycles. The van der Waals surface area contributed by atoms with Crippen LogP contribution in [0, 0.1) is 5.41 Å². The average molecular weight is 409 g/mol. The Kier molecular flexibility index (Phi) is 7.74. The lowest BCUT2D eigenvalue weighted by Crippen LogP contribution is -2.68. The molecule has 0 saturated heterocycles. The lowest BCUT2D eigenvalue weighted by atomic mass is 9.51. The molecule has 2 rings (SSSR count). The Morgan fingerprint density at radius 1 is 1.38 bits per heavy atom. The van der Waals surface area contributed by atoms with Gasteiger partial charge in [-0.3, -0.25) is 4.99 Å². The summed E-state index contributed by atoms with van der Waals surface area (Å²) in [5.74, 6) is 1.05. The molecule has 21 heavy (non-hydrogen) atoms. The van der Waals surface area contributed by atoms with Gasteiger partial charge in [0.1, 0.15) is 0 Å². The third kappa shape index (κ3) is 3.84. The van der Waals surface area contributed by atoms with Crippen molar-refractivity contribution in [3.63, 3.8) is 0 Å². The summed E-state index contributed by atoms with van der Waals surface area (Å²) in [6.07, 6.45) is 8.02. The largest absolute Gasteiger partial charge is 0.378 e. The average Bonchev–Trinajstić information content (AvgIpc) is 2.37. The Labute approximate surface area is 147 Å². The van der Waals surface area contributed by atoms with E-state index in [9.17, 15) is 0 Å². The lowest BCUT2D eigenvalue weighted by molar-refractivity contribution is -0.168. The van der Waals surface area contributed by atoms with Crippen LogP contribution in [0.5, 0.6) is 0 Å². The minimum atomic E-state index is 0. The molecule has 1 N–H and O–H groups in total. The van der Waals surface area contributed by atoms with E-state index in [1.807, 2.05) is 7.05 Å². The van der Waals surface area contributed by atoms with Gasteiger partial charge in [0.15, 0.2) is 5.96 Å². The fourth-order valence-corrected chi connectivity index (χ4v) is 3.64. The van der Waals surface area contributed by atoms with Gasteiger partial charge >= 0.3 is 0 Å². The molecule has 2 saturated carbocycles. The molecular weight excluding hydrogens is 377 g/mol. The maximum atomic E-state index is 5.91. The van der Waals surface area contributed by atoms with Gasteiger partial charge in [0.2, 0.25) is 0 Å². The lowest BCUT2D eigenvalue weighted by Gasteiger charge is -2.61. The molecule has 0 aromatic carbocycles. The summed E-state index contributed by atoms with van der Waals surface area (Å²) in [7, 11) is 4.02. The van der Waals surface area contributed by atoms with Crippen molar-refractivity contribution in [1.29, 1.82) is 0 Å². The second-order valence-corrected chi connectivity index (χ2v) is 6.29. The van der Waals surface area contributed by atoms with Crippen molar-refractivity contribution >= 4 is 29.9 Å². The van der Waals surface area contributed by atoms with Gasteiger partial charge in [0, 0.05) is 38.7 Å². The van der Waals surface area contributed by atoms with E-state index in [4.69, 9.17) is 4.74 Å². The molecule has 5 heteroatoms. The van der Waals surface area contributed by atoms with Crippen molar-refractivity contribution in [3.8, 4) is 0 Å². The normalized spacial score (nSPS) is 26.6. The van der Waals surface area contributed by atoms with E-state index in [-0.39, 0.29) is 24.0 Å². The van der Waals surface area contributed by atoms with Crippen molar-refractivity contribution in [2.45, 2.75) is 64.5 Å². The molecule has 4 nitrogen and oxygen atoms in total. The highest BCUT2D eigenvalue weighted by Gasteiger charge is 2.59. The van der Waals surface area contributed by atoms with Gasteiger partial charge in [-0.25, -0.2) is 0 Å². The third-order valence-corrected chi connectivity index (χ3v) is 5.16. The zero-order chi connectivity index (χ0) is 14.6. The quantitative estimate of drug-likeness (QED) is 0.416. The van der Waals surface area contributed by atoms with Crippen molar-refractivity contribution in [1.82, 2.24) is 10.2 Å². The van der Waals surface area contributed by atoms with Crippen molar-refractivity contribution in [2.75, 3.05) is 27.2 Å². The molecule has 1 spiro atoms. The van der Waals surface area contributed by atoms with E-state index in [0.29, 0.717) is 17.6 Å². The number of hydrogen-bond donors (Lipinski definition) is 1. The molecule has 2 aliphatic rings. The van der Waals surface area contributed by atoms with E-state index in [1.165, 1.54) is 32.1 Å². The van der Waals surface area contributed by atoms with Crippen LogP contribution in [0.4, 0.5) is 0 Å². The van der Waals surface area contributed by atoms with E-state index in [1.54, 1.807) is 0 Å². The van der Waals surface area contributed by atoms with Crippen LogP contribution in [0.3, 0.4) is 0 Å². The molecule has 2 unspecified atom stereocenters. The third-order valence-electron chi connectivity index (χ3n) is 5.16. The van der Waals surface area contributed by atoms with Crippen LogP contribution in [0.2, 0.25) is 0 Å². The number of hydrogen-bond acceptors (Lipinski definition) is 2. The van der Waals surface area contributed by atoms with Crippen LogP contribution >= 0.6 is 24.0 Å². The molecule has 124 valence electrons. The maximum absolute atomic E-state index is 5.91. The first-order valence-electron chi connectivity index (χ1n) is 8.24. The van der Waals surface area contributed by atoms with E-state index in [2.05, 4.69) is 36.1 Å². The number of nitrogens with zero attached hydrogens (tertiary/aromatic N) is 2. The molecule has 2 aliphatic carbocycles. The van der Waals surface area contributed by atoms with E-state index in [0.717, 1.165) is 25.5 Å². The Balaban J connectivity index is 0.00000220. The standard InChI is InChI=1S/C16H31N3O.HI/c1-5-7-11-19(4)15(17-3)18-13-12-14(20-6-2)16(13)9-8-10-16;/h13-14H,5-12H2,1-4H3,(H,17,18);1H. The Hall–Kier alpha value is -0.0400. The fraction of sp³-hybridized carbons (Fsp3) is 0.938. The first kappa shape index (κ1) is 19.0. The van der Waals surface area contributed by atoms with Gasteiger partial charge in [0.05, 0.1) is 6.10 Å². The second kappa shape index (κ2) is 8.56. The van der Waals surface area contributed by atoms with Gasteiger partial charge in [-0.1, -0.05) is 19.8 Å².